The Morgan fingerprint density at radius 1 is 1.20 bits per heavy atom. The summed E-state index contributed by atoms with van der Waals surface area (Å²) >= 11 is 0. The van der Waals surface area contributed by atoms with E-state index >= 15 is 0 Å². The molecular formula is C21H22F3N9O2. The number of aryl methyl sites for hydroxylation is 2. The van der Waals surface area contributed by atoms with Gasteiger partial charge in [-0.25, -0.2) is 19.7 Å². The molecule has 2 bridgehead atoms. The van der Waals surface area contributed by atoms with Crippen LogP contribution in [0.1, 0.15) is 35.4 Å². The molecule has 3 aromatic rings. The summed E-state index contributed by atoms with van der Waals surface area (Å²) in [6.07, 6.45) is -3.96. The number of hydrogen-bond acceptors (Lipinski definition) is 7. The van der Waals surface area contributed by atoms with Gasteiger partial charge in [-0.3, -0.25) is 20.1 Å². The van der Waals surface area contributed by atoms with Gasteiger partial charge in [0.05, 0.1) is 17.1 Å². The molecular weight excluding hydrogens is 467 g/mol. The summed E-state index contributed by atoms with van der Waals surface area (Å²) in [6.45, 7) is 5.49. The van der Waals surface area contributed by atoms with Crippen LogP contribution in [-0.4, -0.2) is 68.4 Å². The van der Waals surface area contributed by atoms with Gasteiger partial charge in [0.2, 0.25) is 5.82 Å². The number of rotatable bonds is 3. The number of carbonyl (C=O) groups is 2. The fourth-order valence-electron chi connectivity index (χ4n) is 4.38. The lowest BCUT2D eigenvalue weighted by Gasteiger charge is -2.36. The molecule has 3 aromatic heterocycles. The van der Waals surface area contributed by atoms with Crippen LogP contribution in [-0.2, 0) is 0 Å². The lowest BCUT2D eigenvalue weighted by molar-refractivity contribution is -0.149. The van der Waals surface area contributed by atoms with Gasteiger partial charge in [0.1, 0.15) is 11.7 Å². The first-order valence-corrected chi connectivity index (χ1v) is 11.0. The second-order valence-corrected chi connectivity index (χ2v) is 8.65. The highest BCUT2D eigenvalue weighted by molar-refractivity contribution is 6.08. The molecule has 5 heterocycles. The van der Waals surface area contributed by atoms with Crippen molar-refractivity contribution < 1.29 is 22.8 Å². The van der Waals surface area contributed by atoms with Crippen LogP contribution in [0.15, 0.2) is 12.1 Å². The number of halogens is 3. The third-order valence-electron chi connectivity index (χ3n) is 6.16. The summed E-state index contributed by atoms with van der Waals surface area (Å²) in [5, 5.41) is 12.2. The highest BCUT2D eigenvalue weighted by Gasteiger charge is 2.43. The maximum Gasteiger partial charge on any atom is 0.408 e. The molecule has 1 saturated heterocycles. The molecule has 5 rings (SSSR count). The van der Waals surface area contributed by atoms with Gasteiger partial charge in [-0.05, 0) is 39.3 Å². The van der Waals surface area contributed by atoms with Gasteiger partial charge in [0, 0.05) is 18.8 Å². The number of amides is 3. The van der Waals surface area contributed by atoms with Crippen molar-refractivity contribution >= 4 is 40.3 Å². The summed E-state index contributed by atoms with van der Waals surface area (Å²) in [5.74, 6) is -1.07. The topological polar surface area (TPSA) is 132 Å². The van der Waals surface area contributed by atoms with Crippen molar-refractivity contribution in [1.82, 2.24) is 30.5 Å². The highest BCUT2D eigenvalue weighted by atomic mass is 19.4. The zero-order valence-electron chi connectivity index (χ0n) is 19.1. The number of urea groups is 1. The molecule has 2 atom stereocenters. The van der Waals surface area contributed by atoms with E-state index in [1.807, 2.05) is 17.1 Å². The van der Waals surface area contributed by atoms with Crippen molar-refractivity contribution in [3.8, 4) is 0 Å². The number of H-pyrrole nitrogens is 1. The predicted molar refractivity (Wildman–Crippen MR) is 120 cm³/mol. The molecule has 0 aliphatic carbocycles. The van der Waals surface area contributed by atoms with E-state index in [0.29, 0.717) is 41.9 Å². The Labute approximate surface area is 197 Å². The number of carbonyl (C=O) groups excluding carboxylic acids is 2. The molecule has 184 valence electrons. The van der Waals surface area contributed by atoms with Crippen molar-refractivity contribution in [3.05, 3.63) is 29.3 Å². The van der Waals surface area contributed by atoms with Crippen LogP contribution < -0.4 is 20.4 Å². The average Bonchev–Trinajstić information content (AvgIpc) is 3.37. The third-order valence-corrected chi connectivity index (χ3v) is 6.16. The Hall–Kier alpha value is -3.97. The molecule has 0 unspecified atom stereocenters. The normalized spacial score (nSPS) is 17.9. The number of nitrogens with zero attached hydrogens (tertiary/aromatic N) is 6. The fourth-order valence-corrected chi connectivity index (χ4v) is 4.38. The standard InChI is InChI=1S/C21H22F3N9O2/c1-9-4-5-13-15(25-9)30-31-16(13)29-20(35)33-12-6-7-32(8-12)14-10(2)26-17(28-18(14)33)19(34)27-11(3)21(22,23)24/h4-5,11-12H,6-8H2,1-3H3,(H,27,34)(H2,25,29,30,31,35)/t11-,12+/m1/s1. The maximum atomic E-state index is 13.4. The number of aromatic amines is 1. The van der Waals surface area contributed by atoms with Gasteiger partial charge in [0.15, 0.2) is 17.3 Å². The van der Waals surface area contributed by atoms with Crippen molar-refractivity contribution in [1.29, 1.82) is 0 Å². The van der Waals surface area contributed by atoms with Gasteiger partial charge in [0.25, 0.3) is 5.91 Å². The Kier molecular flexibility index (Phi) is 5.25. The number of fused-ring (bicyclic) bond motifs is 5. The molecule has 2 aliphatic heterocycles. The number of pyridine rings is 1. The molecule has 14 heteroatoms. The van der Waals surface area contributed by atoms with Crippen molar-refractivity contribution in [2.24, 2.45) is 0 Å². The maximum absolute atomic E-state index is 13.4. The highest BCUT2D eigenvalue weighted by Crippen LogP contribution is 2.40. The summed E-state index contributed by atoms with van der Waals surface area (Å²) < 4.78 is 38.8. The largest absolute Gasteiger partial charge is 0.408 e. The zero-order chi connectivity index (χ0) is 25.1. The van der Waals surface area contributed by atoms with Crippen LogP contribution in [0, 0.1) is 13.8 Å². The van der Waals surface area contributed by atoms with E-state index in [9.17, 15) is 22.8 Å². The van der Waals surface area contributed by atoms with E-state index in [1.165, 1.54) is 4.90 Å². The number of nitrogens with one attached hydrogen (secondary N) is 3. The Bertz CT molecular complexity index is 1340. The van der Waals surface area contributed by atoms with E-state index in [1.54, 1.807) is 19.1 Å². The van der Waals surface area contributed by atoms with Crippen LogP contribution in [0.4, 0.5) is 35.3 Å². The van der Waals surface area contributed by atoms with E-state index in [-0.39, 0.29) is 17.7 Å². The lowest BCUT2D eigenvalue weighted by atomic mass is 10.1. The van der Waals surface area contributed by atoms with Crippen LogP contribution in [0.3, 0.4) is 0 Å². The van der Waals surface area contributed by atoms with E-state index < -0.39 is 30.0 Å². The van der Waals surface area contributed by atoms with E-state index in [4.69, 9.17) is 0 Å². The zero-order valence-corrected chi connectivity index (χ0v) is 19.1. The van der Waals surface area contributed by atoms with Crippen molar-refractivity contribution in [3.63, 3.8) is 0 Å². The minimum atomic E-state index is -4.62. The molecule has 3 N–H and O–H groups in total. The quantitative estimate of drug-likeness (QED) is 0.515. The molecule has 1 fully saturated rings. The minimum absolute atomic E-state index is 0.169. The summed E-state index contributed by atoms with van der Waals surface area (Å²) in [7, 11) is 0. The lowest BCUT2D eigenvalue weighted by Crippen LogP contribution is -2.49. The van der Waals surface area contributed by atoms with Crippen molar-refractivity contribution in [2.75, 3.05) is 28.2 Å². The van der Waals surface area contributed by atoms with Gasteiger partial charge in [-0.15, -0.1) is 0 Å². The van der Waals surface area contributed by atoms with E-state index in [2.05, 4.69) is 30.5 Å². The van der Waals surface area contributed by atoms with Gasteiger partial charge in [-0.1, -0.05) is 0 Å². The minimum Gasteiger partial charge on any atom is -0.365 e. The number of aromatic nitrogens is 5. The first-order chi connectivity index (χ1) is 16.5. The SMILES string of the molecule is Cc1ccc2c(NC(=O)N3c4nc(C(=O)N[C@H](C)C(F)(F)F)nc(C)c4N4CC[C@H]3C4)n[nH]c2n1. The summed E-state index contributed by atoms with van der Waals surface area (Å²) in [4.78, 5) is 42.1. The smallest absolute Gasteiger partial charge is 0.365 e. The molecule has 0 radical (unpaired) electrons. The first-order valence-electron chi connectivity index (χ1n) is 11.0. The monoisotopic (exact) mass is 489 g/mol. The van der Waals surface area contributed by atoms with E-state index in [0.717, 1.165) is 12.6 Å². The molecule has 35 heavy (non-hydrogen) atoms. The molecule has 2 aliphatic rings. The Balaban J connectivity index is 1.49. The average molecular weight is 489 g/mol. The summed E-state index contributed by atoms with van der Waals surface area (Å²) in [6, 6.07) is 0.725. The van der Waals surface area contributed by atoms with Crippen LogP contribution in [0.5, 0.6) is 0 Å². The van der Waals surface area contributed by atoms with Crippen molar-refractivity contribution in [2.45, 2.75) is 45.5 Å². The predicted octanol–water partition coefficient (Wildman–Crippen LogP) is 2.68. The molecule has 3 amide bonds. The summed E-state index contributed by atoms with van der Waals surface area (Å²) in [5.41, 5.74) is 2.26. The van der Waals surface area contributed by atoms with Crippen LogP contribution >= 0.6 is 0 Å². The molecule has 11 nitrogen and oxygen atoms in total. The second kappa shape index (κ2) is 8.06. The van der Waals surface area contributed by atoms with Gasteiger partial charge >= 0.3 is 12.2 Å². The number of hydrogen-bond donors (Lipinski definition) is 3. The first kappa shape index (κ1) is 22.8. The number of anilines is 3. The second-order valence-electron chi connectivity index (χ2n) is 8.65. The Morgan fingerprint density at radius 3 is 2.71 bits per heavy atom. The van der Waals surface area contributed by atoms with Gasteiger partial charge in [-0.2, -0.15) is 18.3 Å². The van der Waals surface area contributed by atoms with Crippen LogP contribution in [0.2, 0.25) is 0 Å². The van der Waals surface area contributed by atoms with Crippen LogP contribution in [0.25, 0.3) is 11.0 Å². The fraction of sp³-hybridized carbons (Fsp3) is 0.429. The molecule has 0 aromatic carbocycles. The Morgan fingerprint density at radius 2 is 1.97 bits per heavy atom. The molecule has 0 spiro atoms. The van der Waals surface area contributed by atoms with Gasteiger partial charge < -0.3 is 10.2 Å². The third kappa shape index (κ3) is 3.98. The molecule has 0 saturated carbocycles. The number of alkyl halides is 3.